The first-order valence-corrected chi connectivity index (χ1v) is 17.8. The molecule has 0 N–H and O–H groups in total. The zero-order chi connectivity index (χ0) is 31.7. The lowest BCUT2D eigenvalue weighted by molar-refractivity contribution is 0.156. The minimum atomic E-state index is -3.81. The minimum Gasteiger partial charge on any atom is -0.448 e. The van der Waals surface area contributed by atoms with Gasteiger partial charge in [-0.05, 0) is 63.8 Å². The van der Waals surface area contributed by atoms with Crippen molar-refractivity contribution in [1.29, 1.82) is 0 Å². The molecule has 0 saturated carbocycles. The zero-order valence-electron chi connectivity index (χ0n) is 25.4. The number of rotatable bonds is 17. The van der Waals surface area contributed by atoms with Crippen molar-refractivity contribution in [3.05, 3.63) is 59.7 Å². The van der Waals surface area contributed by atoms with Gasteiger partial charge in [-0.1, -0.05) is 35.4 Å². The zero-order valence-corrected chi connectivity index (χ0v) is 27.0. The van der Waals surface area contributed by atoms with Gasteiger partial charge in [0.2, 0.25) is 20.0 Å². The molecule has 2 heterocycles. The van der Waals surface area contributed by atoms with Gasteiger partial charge in [-0.2, -0.15) is 8.61 Å². The maximum atomic E-state index is 13.6. The van der Waals surface area contributed by atoms with Crippen LogP contribution in [0.5, 0.6) is 0 Å². The molecule has 12 nitrogen and oxygen atoms in total. The van der Waals surface area contributed by atoms with Crippen LogP contribution in [0, 0.1) is 13.8 Å². The van der Waals surface area contributed by atoms with E-state index in [9.17, 15) is 26.4 Å². The number of cyclic esters (lactones) is 2. The number of amides is 2. The van der Waals surface area contributed by atoms with E-state index in [2.05, 4.69) is 0 Å². The number of ether oxygens (including phenoxy) is 2. The fourth-order valence-corrected chi connectivity index (χ4v) is 8.17. The van der Waals surface area contributed by atoms with Gasteiger partial charge in [-0.15, -0.1) is 0 Å². The lowest BCUT2D eigenvalue weighted by atomic mass is 10.2. The lowest BCUT2D eigenvalue weighted by Gasteiger charge is -2.25. The Bertz CT molecular complexity index is 1370. The predicted octanol–water partition coefficient (Wildman–Crippen LogP) is 3.45. The smallest absolute Gasteiger partial charge is 0.409 e. The van der Waals surface area contributed by atoms with Crippen LogP contribution in [0.25, 0.3) is 0 Å². The van der Waals surface area contributed by atoms with Crippen molar-refractivity contribution in [2.24, 2.45) is 0 Å². The van der Waals surface area contributed by atoms with E-state index < -0.39 is 32.2 Å². The predicted molar refractivity (Wildman–Crippen MR) is 164 cm³/mol. The van der Waals surface area contributed by atoms with E-state index in [0.29, 0.717) is 65.1 Å². The lowest BCUT2D eigenvalue weighted by Crippen LogP contribution is -2.37. The largest absolute Gasteiger partial charge is 0.448 e. The molecule has 2 aromatic carbocycles. The highest BCUT2D eigenvalue weighted by atomic mass is 32.2. The van der Waals surface area contributed by atoms with Gasteiger partial charge in [-0.25, -0.2) is 26.4 Å². The molecule has 0 unspecified atom stereocenters. The number of unbranched alkanes of at least 4 members (excludes halogenated alkanes) is 1. The molecular weight excluding hydrogens is 608 g/mol. The SMILES string of the molecule is Cc1ccc(S(=O)(=O)N(CCCCN(CCCN2CCOC2=O)S(=O)(=O)c2ccc(C)cc2)CCCN2CCOC2=O)cc1. The summed E-state index contributed by atoms with van der Waals surface area (Å²) in [6.45, 7) is 6.95. The summed E-state index contributed by atoms with van der Waals surface area (Å²) in [6, 6.07) is 13.3. The number of aryl methyl sites for hydroxylation is 2. The van der Waals surface area contributed by atoms with Crippen LogP contribution in [-0.4, -0.2) is 113 Å². The Hall–Kier alpha value is -3.20. The molecule has 2 aromatic rings. The van der Waals surface area contributed by atoms with Crippen molar-refractivity contribution in [1.82, 2.24) is 18.4 Å². The minimum absolute atomic E-state index is 0.188. The Balaban J connectivity index is 1.41. The number of nitrogens with zero attached hydrogens (tertiary/aromatic N) is 4. The third kappa shape index (κ3) is 8.71. The maximum Gasteiger partial charge on any atom is 0.409 e. The van der Waals surface area contributed by atoms with Gasteiger partial charge in [0.1, 0.15) is 13.2 Å². The van der Waals surface area contributed by atoms with Gasteiger partial charge in [0.25, 0.3) is 0 Å². The number of carbonyl (C=O) groups excluding carboxylic acids is 2. The number of hydrogen-bond donors (Lipinski definition) is 0. The summed E-state index contributed by atoms with van der Waals surface area (Å²) in [6.07, 6.45) is 0.939. The molecule has 2 amide bonds. The molecular formula is C30H42N4O8S2. The molecule has 0 bridgehead atoms. The monoisotopic (exact) mass is 650 g/mol. The third-order valence-corrected chi connectivity index (χ3v) is 11.6. The summed E-state index contributed by atoms with van der Waals surface area (Å²) in [7, 11) is -7.63. The van der Waals surface area contributed by atoms with Crippen molar-refractivity contribution < 1.29 is 35.9 Å². The van der Waals surface area contributed by atoms with Gasteiger partial charge in [0, 0.05) is 39.3 Å². The number of hydrogen-bond acceptors (Lipinski definition) is 8. The molecule has 0 spiro atoms. The summed E-state index contributed by atoms with van der Waals surface area (Å²) in [5.41, 5.74) is 1.89. The van der Waals surface area contributed by atoms with E-state index in [-0.39, 0.29) is 36.0 Å². The van der Waals surface area contributed by atoms with Crippen LogP contribution in [0.1, 0.15) is 36.8 Å². The standard InChI is InChI=1S/C30H42N4O8S2/c1-25-7-11-27(12-8-25)43(37,38)33(19-5-15-31-21-23-41-29(31)35)17-3-4-18-34(20-6-16-32-22-24-42-30(32)36)44(39,40)28-13-9-26(2)10-14-28/h7-14H,3-6,15-24H2,1-2H3. The van der Waals surface area contributed by atoms with Crippen LogP contribution in [0.3, 0.4) is 0 Å². The van der Waals surface area contributed by atoms with Crippen LogP contribution >= 0.6 is 0 Å². The quantitative estimate of drug-likeness (QED) is 0.238. The van der Waals surface area contributed by atoms with Crippen LogP contribution in [0.15, 0.2) is 58.3 Å². The highest BCUT2D eigenvalue weighted by Gasteiger charge is 2.28. The average Bonchev–Trinajstić information content (AvgIpc) is 3.60. The van der Waals surface area contributed by atoms with E-state index in [1.807, 2.05) is 13.8 Å². The molecule has 0 radical (unpaired) electrons. The van der Waals surface area contributed by atoms with Crippen molar-refractivity contribution in [3.63, 3.8) is 0 Å². The van der Waals surface area contributed by atoms with Crippen LogP contribution < -0.4 is 0 Å². The fraction of sp³-hybridized carbons (Fsp3) is 0.533. The summed E-state index contributed by atoms with van der Waals surface area (Å²) in [5, 5.41) is 0. The summed E-state index contributed by atoms with van der Waals surface area (Å²) in [4.78, 5) is 27.2. The maximum absolute atomic E-state index is 13.6. The molecule has 2 fully saturated rings. The summed E-state index contributed by atoms with van der Waals surface area (Å²) < 4.78 is 67.2. The fourth-order valence-electron chi connectivity index (χ4n) is 5.13. The normalized spacial score (nSPS) is 15.8. The van der Waals surface area contributed by atoms with Crippen molar-refractivity contribution in [2.45, 2.75) is 49.3 Å². The molecule has 2 aliphatic heterocycles. The van der Waals surface area contributed by atoms with Gasteiger partial charge in [0.05, 0.1) is 22.9 Å². The first-order chi connectivity index (χ1) is 21.0. The Morgan fingerprint density at radius 3 is 1.25 bits per heavy atom. The first-order valence-electron chi connectivity index (χ1n) is 15.0. The third-order valence-electron chi connectivity index (χ3n) is 7.74. The van der Waals surface area contributed by atoms with Crippen LogP contribution in [0.4, 0.5) is 9.59 Å². The molecule has 14 heteroatoms. The van der Waals surface area contributed by atoms with Gasteiger partial charge < -0.3 is 19.3 Å². The Labute approximate surface area is 260 Å². The molecule has 2 aliphatic rings. The Morgan fingerprint density at radius 2 is 0.932 bits per heavy atom. The molecule has 242 valence electrons. The van der Waals surface area contributed by atoms with E-state index in [1.165, 1.54) is 8.61 Å². The topological polar surface area (TPSA) is 134 Å². The van der Waals surface area contributed by atoms with E-state index in [0.717, 1.165) is 11.1 Å². The van der Waals surface area contributed by atoms with Crippen molar-refractivity contribution in [2.75, 3.05) is 65.6 Å². The van der Waals surface area contributed by atoms with E-state index in [1.54, 1.807) is 58.3 Å². The number of carbonyl (C=O) groups is 2. The first kappa shape index (κ1) is 33.7. The van der Waals surface area contributed by atoms with E-state index >= 15 is 0 Å². The molecule has 4 rings (SSSR count). The highest BCUT2D eigenvalue weighted by Crippen LogP contribution is 2.21. The second-order valence-corrected chi connectivity index (χ2v) is 14.9. The van der Waals surface area contributed by atoms with Gasteiger partial charge in [0.15, 0.2) is 0 Å². The van der Waals surface area contributed by atoms with Crippen molar-refractivity contribution >= 4 is 32.2 Å². The second-order valence-electron chi connectivity index (χ2n) is 11.1. The average molecular weight is 651 g/mol. The number of sulfonamides is 2. The van der Waals surface area contributed by atoms with Gasteiger partial charge in [-0.3, -0.25) is 0 Å². The van der Waals surface area contributed by atoms with Crippen molar-refractivity contribution in [3.8, 4) is 0 Å². The Kier molecular flexibility index (Phi) is 11.6. The van der Waals surface area contributed by atoms with E-state index in [4.69, 9.17) is 9.47 Å². The summed E-state index contributed by atoms with van der Waals surface area (Å²) >= 11 is 0. The van der Waals surface area contributed by atoms with Crippen LogP contribution in [0.2, 0.25) is 0 Å². The number of benzene rings is 2. The molecule has 2 saturated heterocycles. The van der Waals surface area contributed by atoms with Crippen LogP contribution in [-0.2, 0) is 29.5 Å². The molecule has 0 aliphatic carbocycles. The molecule has 44 heavy (non-hydrogen) atoms. The summed E-state index contributed by atoms with van der Waals surface area (Å²) in [5.74, 6) is 0. The second kappa shape index (κ2) is 15.2. The highest BCUT2D eigenvalue weighted by molar-refractivity contribution is 7.89. The Morgan fingerprint density at radius 1 is 0.591 bits per heavy atom. The van der Waals surface area contributed by atoms with Gasteiger partial charge >= 0.3 is 12.2 Å². The molecule has 0 atom stereocenters. The molecule has 0 aromatic heterocycles.